The van der Waals surface area contributed by atoms with Crippen LogP contribution in [-0.4, -0.2) is 44.6 Å². The highest BCUT2D eigenvalue weighted by atomic mass is 32.1. The number of benzene rings is 1. The molecule has 9 heteroatoms. The molecule has 154 valence electrons. The fraction of sp³-hybridized carbons (Fsp3) is 0.182. The molecule has 0 amide bonds. The second-order valence-electron chi connectivity index (χ2n) is 7.23. The number of hydrogen-bond acceptors (Lipinski definition) is 7. The maximum absolute atomic E-state index is 13.7. The minimum absolute atomic E-state index is 0.183. The van der Waals surface area contributed by atoms with Gasteiger partial charge in [-0.25, -0.2) is 18.9 Å². The zero-order valence-electron chi connectivity index (χ0n) is 16.4. The Labute approximate surface area is 183 Å². The third-order valence-corrected chi connectivity index (χ3v) is 5.79. The summed E-state index contributed by atoms with van der Waals surface area (Å²) in [5.74, 6) is 0.806. The molecule has 0 spiro atoms. The van der Waals surface area contributed by atoms with Gasteiger partial charge in [0.2, 0.25) is 0 Å². The van der Waals surface area contributed by atoms with E-state index in [1.54, 1.807) is 23.0 Å². The van der Waals surface area contributed by atoms with E-state index in [1.807, 2.05) is 40.3 Å². The zero-order chi connectivity index (χ0) is 21.4. The number of fused-ring (bicyclic) bond motifs is 1. The van der Waals surface area contributed by atoms with E-state index in [-0.39, 0.29) is 11.2 Å². The Hall–Kier alpha value is -3.64. The first-order chi connectivity index (χ1) is 15.1. The van der Waals surface area contributed by atoms with Gasteiger partial charge >= 0.3 is 0 Å². The van der Waals surface area contributed by atoms with Crippen LogP contribution in [0.1, 0.15) is 5.56 Å². The maximum Gasteiger partial charge on any atom is 0.165 e. The van der Waals surface area contributed by atoms with Crippen molar-refractivity contribution in [3.63, 3.8) is 0 Å². The minimum atomic E-state index is -0.277. The molecule has 1 fully saturated rings. The fourth-order valence-electron chi connectivity index (χ4n) is 3.84. The average Bonchev–Trinajstić information content (AvgIpc) is 3.23. The van der Waals surface area contributed by atoms with Crippen LogP contribution in [0.25, 0.3) is 16.9 Å². The molecule has 4 heterocycles. The van der Waals surface area contributed by atoms with E-state index in [0.29, 0.717) is 36.8 Å². The molecular weight excluding hydrogens is 413 g/mol. The molecule has 0 saturated carbocycles. The van der Waals surface area contributed by atoms with Crippen LogP contribution in [0.4, 0.5) is 15.9 Å². The molecule has 1 aromatic carbocycles. The van der Waals surface area contributed by atoms with Crippen molar-refractivity contribution in [2.24, 2.45) is 0 Å². The minimum Gasteiger partial charge on any atom is -0.356 e. The first kappa shape index (κ1) is 19.3. The Bertz CT molecular complexity index is 1300. The SMILES string of the molecule is N#Cc1cnc(-c2cnn3ccccc23)nc1N1CCN(c2cccc(F)c2)C(S)C1. The number of hydrogen-bond donors (Lipinski definition) is 1. The lowest BCUT2D eigenvalue weighted by Crippen LogP contribution is -2.51. The number of nitrogens with zero attached hydrogens (tertiary/aromatic N) is 7. The van der Waals surface area contributed by atoms with Crippen LogP contribution in [0.5, 0.6) is 0 Å². The summed E-state index contributed by atoms with van der Waals surface area (Å²) in [5, 5.41) is 13.8. The maximum atomic E-state index is 13.7. The van der Waals surface area contributed by atoms with Crippen molar-refractivity contribution in [2.75, 3.05) is 29.4 Å². The molecule has 0 radical (unpaired) electrons. The number of aromatic nitrogens is 4. The monoisotopic (exact) mass is 431 g/mol. The van der Waals surface area contributed by atoms with E-state index in [1.165, 1.54) is 12.1 Å². The Balaban J connectivity index is 1.46. The molecule has 7 nitrogen and oxygen atoms in total. The van der Waals surface area contributed by atoms with Gasteiger partial charge in [0, 0.05) is 31.5 Å². The van der Waals surface area contributed by atoms with Crippen LogP contribution < -0.4 is 9.80 Å². The number of piperazine rings is 1. The van der Waals surface area contributed by atoms with E-state index in [9.17, 15) is 9.65 Å². The van der Waals surface area contributed by atoms with Gasteiger partial charge in [0.1, 0.15) is 17.4 Å². The van der Waals surface area contributed by atoms with Gasteiger partial charge in [0.05, 0.1) is 28.8 Å². The number of pyridine rings is 1. The molecule has 1 unspecified atom stereocenters. The number of halogens is 1. The lowest BCUT2D eigenvalue weighted by Gasteiger charge is -2.41. The highest BCUT2D eigenvalue weighted by Crippen LogP contribution is 2.29. The lowest BCUT2D eigenvalue weighted by molar-refractivity contribution is 0.608. The van der Waals surface area contributed by atoms with Crippen molar-refractivity contribution in [1.29, 1.82) is 5.26 Å². The van der Waals surface area contributed by atoms with Gasteiger partial charge in [-0.2, -0.15) is 23.0 Å². The summed E-state index contributed by atoms with van der Waals surface area (Å²) in [7, 11) is 0. The van der Waals surface area contributed by atoms with Crippen molar-refractivity contribution >= 4 is 29.7 Å². The first-order valence-electron chi connectivity index (χ1n) is 9.79. The summed E-state index contributed by atoms with van der Waals surface area (Å²) < 4.78 is 15.4. The van der Waals surface area contributed by atoms with Crippen LogP contribution in [0.3, 0.4) is 0 Å². The van der Waals surface area contributed by atoms with Crippen molar-refractivity contribution in [3.8, 4) is 17.5 Å². The second kappa shape index (κ2) is 7.89. The molecular formula is C22H18FN7S. The Morgan fingerprint density at radius 3 is 2.84 bits per heavy atom. The summed E-state index contributed by atoms with van der Waals surface area (Å²) in [6, 6.07) is 14.5. The standard InChI is InChI=1S/C22H18FN7S/c23-16-4-3-5-17(10-16)29-9-8-28(14-20(29)31)22-15(11-24)12-25-21(27-22)18-13-26-30-7-2-1-6-19(18)30/h1-7,10,12-13,20,31H,8-9,14H2. The van der Waals surface area contributed by atoms with Crippen molar-refractivity contribution < 1.29 is 4.39 Å². The van der Waals surface area contributed by atoms with Crippen molar-refractivity contribution in [1.82, 2.24) is 19.6 Å². The molecule has 3 aromatic heterocycles. The highest BCUT2D eigenvalue weighted by Gasteiger charge is 2.28. The summed E-state index contributed by atoms with van der Waals surface area (Å²) in [4.78, 5) is 13.2. The smallest absolute Gasteiger partial charge is 0.165 e. The third-order valence-electron chi connectivity index (χ3n) is 5.35. The largest absolute Gasteiger partial charge is 0.356 e. The topological polar surface area (TPSA) is 73.3 Å². The number of thiol groups is 1. The first-order valence-corrected chi connectivity index (χ1v) is 10.3. The molecule has 1 saturated heterocycles. The van der Waals surface area contributed by atoms with Crippen LogP contribution >= 0.6 is 12.6 Å². The predicted molar refractivity (Wildman–Crippen MR) is 120 cm³/mol. The predicted octanol–water partition coefficient (Wildman–Crippen LogP) is 3.38. The average molecular weight is 432 g/mol. The molecule has 4 aromatic rings. The zero-order valence-corrected chi connectivity index (χ0v) is 17.3. The van der Waals surface area contributed by atoms with E-state index in [2.05, 4.69) is 16.2 Å². The van der Waals surface area contributed by atoms with Crippen LogP contribution in [-0.2, 0) is 0 Å². The molecule has 0 aliphatic carbocycles. The van der Waals surface area contributed by atoms with E-state index in [4.69, 9.17) is 17.6 Å². The van der Waals surface area contributed by atoms with Gasteiger partial charge in [-0.15, -0.1) is 0 Å². The van der Waals surface area contributed by atoms with Gasteiger partial charge in [-0.3, -0.25) is 0 Å². The third kappa shape index (κ3) is 3.55. The number of rotatable bonds is 3. The summed E-state index contributed by atoms with van der Waals surface area (Å²) in [6.45, 7) is 1.77. The van der Waals surface area contributed by atoms with Gasteiger partial charge in [-0.05, 0) is 30.3 Å². The van der Waals surface area contributed by atoms with Crippen LogP contribution in [0.2, 0.25) is 0 Å². The summed E-state index contributed by atoms with van der Waals surface area (Å²) >= 11 is 4.73. The normalized spacial score (nSPS) is 16.5. The molecule has 5 rings (SSSR count). The highest BCUT2D eigenvalue weighted by molar-refractivity contribution is 7.81. The summed E-state index contributed by atoms with van der Waals surface area (Å²) in [5.41, 5.74) is 2.88. The molecule has 1 aliphatic rings. The van der Waals surface area contributed by atoms with E-state index < -0.39 is 0 Å². The number of anilines is 2. The van der Waals surface area contributed by atoms with E-state index >= 15 is 0 Å². The molecule has 31 heavy (non-hydrogen) atoms. The second-order valence-corrected chi connectivity index (χ2v) is 7.83. The fourth-order valence-corrected chi connectivity index (χ4v) is 4.29. The quantitative estimate of drug-likeness (QED) is 0.502. The van der Waals surface area contributed by atoms with Crippen molar-refractivity contribution in [2.45, 2.75) is 5.37 Å². The van der Waals surface area contributed by atoms with Crippen LogP contribution in [0, 0.1) is 17.1 Å². The van der Waals surface area contributed by atoms with Crippen LogP contribution in [0.15, 0.2) is 61.1 Å². The molecule has 0 N–H and O–H groups in total. The van der Waals surface area contributed by atoms with Gasteiger partial charge < -0.3 is 9.80 Å². The Kier molecular flexibility index (Phi) is 4.92. The van der Waals surface area contributed by atoms with Crippen molar-refractivity contribution in [3.05, 3.63) is 72.4 Å². The van der Waals surface area contributed by atoms with Gasteiger partial charge in [0.25, 0.3) is 0 Å². The van der Waals surface area contributed by atoms with Gasteiger partial charge in [-0.1, -0.05) is 12.1 Å². The Morgan fingerprint density at radius 2 is 2.03 bits per heavy atom. The molecule has 1 aliphatic heterocycles. The molecule has 1 atom stereocenters. The number of nitriles is 1. The summed E-state index contributed by atoms with van der Waals surface area (Å²) in [6.07, 6.45) is 5.14. The van der Waals surface area contributed by atoms with E-state index in [0.717, 1.165) is 16.8 Å². The Morgan fingerprint density at radius 1 is 1.13 bits per heavy atom. The van der Waals surface area contributed by atoms with Gasteiger partial charge in [0.15, 0.2) is 11.6 Å². The molecule has 0 bridgehead atoms. The lowest BCUT2D eigenvalue weighted by atomic mass is 10.2.